The SMILES string of the molecule is CCCOC(=O)CN(C(=O)Nc1cc(Cl)cc(Cl)c1)C(=O)NC(C)C. The number of hydrogen-bond acceptors (Lipinski definition) is 4. The van der Waals surface area contributed by atoms with Crippen molar-refractivity contribution in [3.63, 3.8) is 0 Å². The number of hydrogen-bond donors (Lipinski definition) is 2. The summed E-state index contributed by atoms with van der Waals surface area (Å²) < 4.78 is 4.93. The summed E-state index contributed by atoms with van der Waals surface area (Å²) in [5.74, 6) is -0.681. The van der Waals surface area contributed by atoms with Crippen molar-refractivity contribution in [1.82, 2.24) is 10.2 Å². The van der Waals surface area contributed by atoms with Crippen LogP contribution in [0, 0.1) is 0 Å². The average Bonchev–Trinajstić information content (AvgIpc) is 2.48. The molecule has 0 radical (unpaired) electrons. The third-order valence-corrected chi connectivity index (χ3v) is 3.21. The third kappa shape index (κ3) is 7.62. The van der Waals surface area contributed by atoms with Crippen LogP contribution in [0.15, 0.2) is 18.2 Å². The van der Waals surface area contributed by atoms with E-state index < -0.39 is 24.6 Å². The number of halogens is 2. The van der Waals surface area contributed by atoms with E-state index in [-0.39, 0.29) is 12.6 Å². The Balaban J connectivity index is 2.90. The zero-order chi connectivity index (χ0) is 19.0. The molecular formula is C16H21Cl2N3O4. The van der Waals surface area contributed by atoms with Gasteiger partial charge in [-0.3, -0.25) is 4.79 Å². The smallest absolute Gasteiger partial charge is 0.330 e. The number of nitrogens with one attached hydrogen (secondary N) is 2. The molecule has 0 aliphatic carbocycles. The number of nitrogens with zero attached hydrogens (tertiary/aromatic N) is 1. The van der Waals surface area contributed by atoms with Gasteiger partial charge in [0.1, 0.15) is 6.54 Å². The summed E-state index contributed by atoms with van der Waals surface area (Å²) in [7, 11) is 0. The molecule has 25 heavy (non-hydrogen) atoms. The second-order valence-electron chi connectivity index (χ2n) is 5.50. The number of esters is 1. The summed E-state index contributed by atoms with van der Waals surface area (Å²) in [6.45, 7) is 5.01. The predicted octanol–water partition coefficient (Wildman–Crippen LogP) is 3.90. The van der Waals surface area contributed by atoms with E-state index in [4.69, 9.17) is 27.9 Å². The number of ether oxygens (including phenoxy) is 1. The van der Waals surface area contributed by atoms with Gasteiger partial charge in [-0.05, 0) is 38.5 Å². The first-order valence-electron chi connectivity index (χ1n) is 7.73. The molecule has 138 valence electrons. The fourth-order valence-corrected chi connectivity index (χ4v) is 2.29. The first-order valence-corrected chi connectivity index (χ1v) is 8.49. The molecule has 1 aromatic rings. The van der Waals surface area contributed by atoms with Crippen molar-refractivity contribution in [2.45, 2.75) is 33.2 Å². The molecule has 1 aromatic carbocycles. The van der Waals surface area contributed by atoms with E-state index in [1.54, 1.807) is 13.8 Å². The van der Waals surface area contributed by atoms with Crippen LogP contribution >= 0.6 is 23.2 Å². The van der Waals surface area contributed by atoms with Crippen molar-refractivity contribution < 1.29 is 19.1 Å². The van der Waals surface area contributed by atoms with Crippen LogP contribution in [0.5, 0.6) is 0 Å². The zero-order valence-corrected chi connectivity index (χ0v) is 15.8. The maximum atomic E-state index is 12.4. The number of urea groups is 2. The Kier molecular flexibility index (Phi) is 8.51. The Hall–Kier alpha value is -1.99. The molecule has 0 heterocycles. The Bertz CT molecular complexity index is 618. The first-order chi connectivity index (χ1) is 11.7. The van der Waals surface area contributed by atoms with E-state index in [0.29, 0.717) is 22.2 Å². The van der Waals surface area contributed by atoms with E-state index in [0.717, 1.165) is 4.90 Å². The molecule has 7 nitrogen and oxygen atoms in total. The van der Waals surface area contributed by atoms with E-state index in [2.05, 4.69) is 10.6 Å². The molecule has 0 atom stereocenters. The molecule has 2 N–H and O–H groups in total. The molecule has 0 aromatic heterocycles. The molecule has 0 spiro atoms. The molecule has 9 heteroatoms. The fraction of sp³-hybridized carbons (Fsp3) is 0.438. The lowest BCUT2D eigenvalue weighted by atomic mass is 10.3. The van der Waals surface area contributed by atoms with Crippen LogP contribution in [0.4, 0.5) is 15.3 Å². The fourth-order valence-electron chi connectivity index (χ4n) is 1.77. The highest BCUT2D eigenvalue weighted by Crippen LogP contribution is 2.22. The number of carbonyl (C=O) groups excluding carboxylic acids is 3. The number of benzene rings is 1. The van der Waals surface area contributed by atoms with Crippen LogP contribution < -0.4 is 10.6 Å². The predicted molar refractivity (Wildman–Crippen MR) is 97.1 cm³/mol. The number of amides is 4. The van der Waals surface area contributed by atoms with Crippen molar-refractivity contribution in [3.05, 3.63) is 28.2 Å². The lowest BCUT2D eigenvalue weighted by Gasteiger charge is -2.22. The standard InChI is InChI=1S/C16H21Cl2N3O4/c1-4-5-25-14(22)9-21(15(23)19-10(2)3)16(24)20-13-7-11(17)6-12(18)8-13/h6-8,10H,4-5,9H2,1-3H3,(H,19,23)(H,20,24). The Morgan fingerprint density at radius 1 is 1.12 bits per heavy atom. The largest absolute Gasteiger partial charge is 0.464 e. The lowest BCUT2D eigenvalue weighted by molar-refractivity contribution is -0.143. The van der Waals surface area contributed by atoms with Gasteiger partial charge in [-0.2, -0.15) is 0 Å². The summed E-state index contributed by atoms with van der Waals surface area (Å²) >= 11 is 11.8. The molecule has 0 saturated carbocycles. The quantitative estimate of drug-likeness (QED) is 0.722. The van der Waals surface area contributed by atoms with E-state index in [1.807, 2.05) is 6.92 Å². The molecule has 0 saturated heterocycles. The van der Waals surface area contributed by atoms with Crippen LogP contribution in [-0.4, -0.2) is 42.1 Å². The van der Waals surface area contributed by atoms with Crippen LogP contribution in [0.2, 0.25) is 10.0 Å². The Morgan fingerprint density at radius 3 is 2.24 bits per heavy atom. The van der Waals surface area contributed by atoms with Crippen LogP contribution in [-0.2, 0) is 9.53 Å². The summed E-state index contributed by atoms with van der Waals surface area (Å²) in [6, 6.07) is 2.72. The van der Waals surface area contributed by atoms with E-state index >= 15 is 0 Å². The number of carbonyl (C=O) groups is 3. The normalized spacial score (nSPS) is 10.3. The van der Waals surface area contributed by atoms with Gasteiger partial charge in [0.25, 0.3) is 0 Å². The summed E-state index contributed by atoms with van der Waals surface area (Å²) in [5, 5.41) is 5.69. The third-order valence-electron chi connectivity index (χ3n) is 2.77. The second kappa shape index (κ2) is 10.1. The molecule has 0 unspecified atom stereocenters. The van der Waals surface area contributed by atoms with Gasteiger partial charge in [-0.15, -0.1) is 0 Å². The molecule has 1 rings (SSSR count). The minimum atomic E-state index is -0.801. The molecule has 0 aliphatic heterocycles. The van der Waals surface area contributed by atoms with Gasteiger partial charge in [0, 0.05) is 21.8 Å². The van der Waals surface area contributed by atoms with Gasteiger partial charge in [-0.25, -0.2) is 14.5 Å². The van der Waals surface area contributed by atoms with Gasteiger partial charge >= 0.3 is 18.0 Å². The van der Waals surface area contributed by atoms with E-state index in [1.165, 1.54) is 18.2 Å². The van der Waals surface area contributed by atoms with Crippen molar-refractivity contribution in [2.24, 2.45) is 0 Å². The summed E-state index contributed by atoms with van der Waals surface area (Å²) in [6.07, 6.45) is 0.636. The van der Waals surface area contributed by atoms with Crippen LogP contribution in [0.25, 0.3) is 0 Å². The van der Waals surface area contributed by atoms with E-state index in [9.17, 15) is 14.4 Å². The maximum Gasteiger partial charge on any atom is 0.330 e. The highest BCUT2D eigenvalue weighted by Gasteiger charge is 2.25. The monoisotopic (exact) mass is 389 g/mol. The number of imide groups is 1. The molecule has 0 aliphatic rings. The van der Waals surface area contributed by atoms with Gasteiger partial charge in [0.05, 0.1) is 6.61 Å². The average molecular weight is 390 g/mol. The zero-order valence-electron chi connectivity index (χ0n) is 14.3. The number of anilines is 1. The molecule has 4 amide bonds. The topological polar surface area (TPSA) is 87.7 Å². The lowest BCUT2D eigenvalue weighted by Crippen LogP contribution is -2.50. The van der Waals surface area contributed by atoms with Gasteiger partial charge in [0.2, 0.25) is 0 Å². The van der Waals surface area contributed by atoms with Crippen molar-refractivity contribution in [2.75, 3.05) is 18.5 Å². The second-order valence-corrected chi connectivity index (χ2v) is 6.37. The van der Waals surface area contributed by atoms with Gasteiger partial charge in [0.15, 0.2) is 0 Å². The molecule has 0 fully saturated rings. The van der Waals surface area contributed by atoms with Crippen LogP contribution in [0.3, 0.4) is 0 Å². The van der Waals surface area contributed by atoms with Crippen molar-refractivity contribution in [3.8, 4) is 0 Å². The van der Waals surface area contributed by atoms with Crippen LogP contribution in [0.1, 0.15) is 27.2 Å². The first kappa shape index (κ1) is 21.1. The Labute approximate surface area is 156 Å². The number of rotatable bonds is 6. The molecular weight excluding hydrogens is 369 g/mol. The minimum Gasteiger partial charge on any atom is -0.464 e. The molecule has 0 bridgehead atoms. The van der Waals surface area contributed by atoms with Gasteiger partial charge in [-0.1, -0.05) is 30.1 Å². The summed E-state index contributed by atoms with van der Waals surface area (Å²) in [5.41, 5.74) is 0.298. The highest BCUT2D eigenvalue weighted by atomic mass is 35.5. The van der Waals surface area contributed by atoms with Gasteiger partial charge < -0.3 is 15.4 Å². The maximum absolute atomic E-state index is 12.4. The highest BCUT2D eigenvalue weighted by molar-refractivity contribution is 6.35. The minimum absolute atomic E-state index is 0.212. The Morgan fingerprint density at radius 2 is 1.72 bits per heavy atom. The summed E-state index contributed by atoms with van der Waals surface area (Å²) in [4.78, 5) is 37.2. The van der Waals surface area contributed by atoms with Crippen molar-refractivity contribution >= 4 is 46.9 Å². The van der Waals surface area contributed by atoms with Crippen molar-refractivity contribution in [1.29, 1.82) is 0 Å².